The van der Waals surface area contributed by atoms with Crippen LogP contribution in [0, 0.1) is 0 Å². The first kappa shape index (κ1) is 14.9. The summed E-state index contributed by atoms with van der Waals surface area (Å²) in [7, 11) is 2.08. The molecular formula is C17H23N3O2. The number of hydrogen-bond acceptors (Lipinski definition) is 3. The van der Waals surface area contributed by atoms with E-state index in [-0.39, 0.29) is 23.9 Å². The monoisotopic (exact) mass is 301 g/mol. The third kappa shape index (κ3) is 2.67. The van der Waals surface area contributed by atoms with Crippen molar-refractivity contribution in [2.45, 2.75) is 44.8 Å². The average molecular weight is 301 g/mol. The molecular weight excluding hydrogens is 278 g/mol. The van der Waals surface area contributed by atoms with Gasteiger partial charge in [0.1, 0.15) is 6.04 Å². The van der Waals surface area contributed by atoms with Crippen LogP contribution in [0.25, 0.3) is 0 Å². The Bertz CT molecular complexity index is 587. The Balaban J connectivity index is 1.88. The zero-order valence-corrected chi connectivity index (χ0v) is 13.2. The molecule has 2 aliphatic rings. The van der Waals surface area contributed by atoms with Gasteiger partial charge in [0.15, 0.2) is 0 Å². The van der Waals surface area contributed by atoms with Crippen molar-refractivity contribution in [1.29, 1.82) is 0 Å². The van der Waals surface area contributed by atoms with Gasteiger partial charge in [-0.3, -0.25) is 9.59 Å². The lowest BCUT2D eigenvalue weighted by Crippen LogP contribution is -2.50. The van der Waals surface area contributed by atoms with Gasteiger partial charge in [0.25, 0.3) is 0 Å². The molecule has 1 aromatic carbocycles. The van der Waals surface area contributed by atoms with E-state index < -0.39 is 0 Å². The van der Waals surface area contributed by atoms with E-state index in [1.165, 1.54) is 11.3 Å². The van der Waals surface area contributed by atoms with E-state index in [9.17, 15) is 9.59 Å². The first-order chi connectivity index (χ1) is 10.6. The zero-order chi connectivity index (χ0) is 15.7. The molecule has 0 aliphatic carbocycles. The van der Waals surface area contributed by atoms with Crippen LogP contribution >= 0.6 is 0 Å². The van der Waals surface area contributed by atoms with Gasteiger partial charge in [0, 0.05) is 38.3 Å². The summed E-state index contributed by atoms with van der Waals surface area (Å²) >= 11 is 0. The molecule has 2 atom stereocenters. The maximum atomic E-state index is 12.9. The van der Waals surface area contributed by atoms with Gasteiger partial charge in [0.2, 0.25) is 11.8 Å². The minimum absolute atomic E-state index is 0.0151. The van der Waals surface area contributed by atoms with Crippen LogP contribution in [0.15, 0.2) is 24.3 Å². The molecule has 3 rings (SSSR count). The van der Waals surface area contributed by atoms with Gasteiger partial charge in [-0.1, -0.05) is 25.1 Å². The fourth-order valence-corrected chi connectivity index (χ4v) is 3.45. The Hall–Kier alpha value is -2.04. The van der Waals surface area contributed by atoms with Crippen molar-refractivity contribution in [2.24, 2.45) is 0 Å². The molecule has 118 valence electrons. The highest BCUT2D eigenvalue weighted by Crippen LogP contribution is 2.28. The molecule has 1 saturated heterocycles. The molecule has 5 heteroatoms. The molecule has 2 amide bonds. The molecule has 1 aromatic rings. The first-order valence-electron chi connectivity index (χ1n) is 7.99. The van der Waals surface area contributed by atoms with Crippen LogP contribution in [-0.2, 0) is 16.1 Å². The van der Waals surface area contributed by atoms with Gasteiger partial charge in [-0.15, -0.1) is 0 Å². The molecule has 0 aromatic heterocycles. The van der Waals surface area contributed by atoms with Crippen molar-refractivity contribution >= 4 is 17.5 Å². The molecule has 1 fully saturated rings. The fraction of sp³-hybridized carbons (Fsp3) is 0.529. The molecule has 1 N–H and O–H groups in total. The highest BCUT2D eigenvalue weighted by atomic mass is 16.2. The Morgan fingerprint density at radius 3 is 2.82 bits per heavy atom. The number of carbonyl (C=O) groups excluding carboxylic acids is 2. The molecule has 1 unspecified atom stereocenters. The molecule has 0 spiro atoms. The largest absolute Gasteiger partial charge is 0.372 e. The summed E-state index contributed by atoms with van der Waals surface area (Å²) in [5, 5.41) is 2.81. The summed E-state index contributed by atoms with van der Waals surface area (Å²) in [5.74, 6) is 0.0431. The van der Waals surface area contributed by atoms with Crippen LogP contribution < -0.4 is 10.2 Å². The number of amides is 2. The summed E-state index contributed by atoms with van der Waals surface area (Å²) in [5.41, 5.74) is 2.35. The second kappa shape index (κ2) is 5.99. The highest BCUT2D eigenvalue weighted by molar-refractivity contribution is 5.91. The standard InChI is InChI=1S/C17H23N3O2/c1-3-13-11-19(2)15-7-5-4-6-12(15)10-20(13)17(22)14-8-9-16(21)18-14/h4-7,13-14H,3,8-11H2,1-2H3,(H,18,21)/t13?,14-/m1/s1. The van der Waals surface area contributed by atoms with Gasteiger partial charge >= 0.3 is 0 Å². The lowest BCUT2D eigenvalue weighted by Gasteiger charge is -2.32. The number of benzene rings is 1. The first-order valence-corrected chi connectivity index (χ1v) is 7.99. The molecule has 0 radical (unpaired) electrons. The van der Waals surface area contributed by atoms with Gasteiger partial charge in [-0.05, 0) is 24.5 Å². The minimum Gasteiger partial charge on any atom is -0.372 e. The maximum Gasteiger partial charge on any atom is 0.245 e. The van der Waals surface area contributed by atoms with E-state index in [0.29, 0.717) is 19.4 Å². The number of nitrogens with one attached hydrogen (secondary N) is 1. The fourth-order valence-electron chi connectivity index (χ4n) is 3.45. The topological polar surface area (TPSA) is 52.7 Å². The average Bonchev–Trinajstić information content (AvgIpc) is 2.90. The number of fused-ring (bicyclic) bond motifs is 1. The molecule has 0 bridgehead atoms. The van der Waals surface area contributed by atoms with Gasteiger partial charge in [-0.2, -0.15) is 0 Å². The number of rotatable bonds is 2. The van der Waals surface area contributed by atoms with E-state index in [0.717, 1.165) is 13.0 Å². The molecule has 22 heavy (non-hydrogen) atoms. The maximum absolute atomic E-state index is 12.9. The van der Waals surface area contributed by atoms with E-state index in [2.05, 4.69) is 36.3 Å². The van der Waals surface area contributed by atoms with E-state index >= 15 is 0 Å². The predicted octanol–water partition coefficient (Wildman–Crippen LogP) is 1.52. The van der Waals surface area contributed by atoms with Crippen LogP contribution in [0.3, 0.4) is 0 Å². The summed E-state index contributed by atoms with van der Waals surface area (Å²) < 4.78 is 0. The quantitative estimate of drug-likeness (QED) is 0.901. The van der Waals surface area contributed by atoms with Crippen molar-refractivity contribution in [3.8, 4) is 0 Å². The number of anilines is 1. The molecule has 5 nitrogen and oxygen atoms in total. The third-order valence-electron chi connectivity index (χ3n) is 4.72. The highest BCUT2D eigenvalue weighted by Gasteiger charge is 2.35. The Kier molecular flexibility index (Phi) is 4.05. The van der Waals surface area contributed by atoms with Gasteiger partial charge in [-0.25, -0.2) is 0 Å². The van der Waals surface area contributed by atoms with E-state index in [4.69, 9.17) is 0 Å². The van der Waals surface area contributed by atoms with Crippen LogP contribution in [0.1, 0.15) is 31.7 Å². The number of hydrogen-bond donors (Lipinski definition) is 1. The lowest BCUT2D eigenvalue weighted by atomic mass is 10.1. The van der Waals surface area contributed by atoms with Crippen molar-refractivity contribution < 1.29 is 9.59 Å². The number of likely N-dealkylation sites (N-methyl/N-ethyl adjacent to an activating group) is 1. The van der Waals surface area contributed by atoms with Gasteiger partial charge in [0.05, 0.1) is 0 Å². The third-order valence-corrected chi connectivity index (χ3v) is 4.72. The molecule has 2 heterocycles. The smallest absolute Gasteiger partial charge is 0.245 e. The Morgan fingerprint density at radius 1 is 1.36 bits per heavy atom. The SMILES string of the molecule is CCC1CN(C)c2ccccc2CN1C(=O)[C@H]1CCC(=O)N1. The second-order valence-corrected chi connectivity index (χ2v) is 6.20. The summed E-state index contributed by atoms with van der Waals surface area (Å²) in [6.07, 6.45) is 1.98. The molecule has 0 saturated carbocycles. The number of nitrogens with zero attached hydrogens (tertiary/aromatic N) is 2. The second-order valence-electron chi connectivity index (χ2n) is 6.20. The van der Waals surface area contributed by atoms with Crippen molar-refractivity contribution in [3.05, 3.63) is 29.8 Å². The van der Waals surface area contributed by atoms with E-state index in [1.807, 2.05) is 17.0 Å². The zero-order valence-electron chi connectivity index (χ0n) is 13.2. The molecule has 2 aliphatic heterocycles. The predicted molar refractivity (Wildman–Crippen MR) is 85.5 cm³/mol. The Labute approximate surface area is 131 Å². The number of para-hydroxylation sites is 1. The van der Waals surface area contributed by atoms with Gasteiger partial charge < -0.3 is 15.1 Å². The van der Waals surface area contributed by atoms with Crippen LogP contribution in [0.2, 0.25) is 0 Å². The summed E-state index contributed by atoms with van der Waals surface area (Å²) in [4.78, 5) is 28.5. The minimum atomic E-state index is -0.350. The van der Waals surface area contributed by atoms with Crippen molar-refractivity contribution in [3.63, 3.8) is 0 Å². The normalized spacial score (nSPS) is 24.7. The van der Waals surface area contributed by atoms with Crippen LogP contribution in [0.5, 0.6) is 0 Å². The van der Waals surface area contributed by atoms with Crippen LogP contribution in [-0.4, -0.2) is 42.4 Å². The summed E-state index contributed by atoms with van der Waals surface area (Å²) in [6, 6.07) is 8.05. The van der Waals surface area contributed by atoms with E-state index in [1.54, 1.807) is 0 Å². The number of carbonyl (C=O) groups is 2. The van der Waals surface area contributed by atoms with Crippen molar-refractivity contribution in [1.82, 2.24) is 10.2 Å². The lowest BCUT2D eigenvalue weighted by molar-refractivity contribution is -0.137. The Morgan fingerprint density at radius 2 is 2.14 bits per heavy atom. The van der Waals surface area contributed by atoms with Crippen LogP contribution in [0.4, 0.5) is 5.69 Å². The van der Waals surface area contributed by atoms with Crippen molar-refractivity contribution in [2.75, 3.05) is 18.5 Å². The summed E-state index contributed by atoms with van der Waals surface area (Å²) in [6.45, 7) is 3.55.